The second-order valence-corrected chi connectivity index (χ2v) is 13.4. The fourth-order valence-corrected chi connectivity index (χ4v) is 6.92. The van der Waals surface area contributed by atoms with Gasteiger partial charge in [0.2, 0.25) is 23.6 Å². The number of carbonyl (C=O) groups excluding carboxylic acids is 4. The van der Waals surface area contributed by atoms with Crippen molar-refractivity contribution >= 4 is 90.5 Å². The number of carbonyl (C=O) groups is 4. The van der Waals surface area contributed by atoms with E-state index in [0.717, 1.165) is 0 Å². The number of aromatic nitrogens is 8. The van der Waals surface area contributed by atoms with Gasteiger partial charge in [-0.3, -0.25) is 19.2 Å². The number of hydrogen-bond donors (Lipinski definition) is 6. The zero-order valence-corrected chi connectivity index (χ0v) is 30.2. The summed E-state index contributed by atoms with van der Waals surface area (Å²) in [5, 5.41) is 14.0. The van der Waals surface area contributed by atoms with Gasteiger partial charge in [-0.1, -0.05) is 0 Å². The van der Waals surface area contributed by atoms with Crippen molar-refractivity contribution in [2.45, 2.75) is 27.7 Å². The average molecular weight is 743 g/mol. The summed E-state index contributed by atoms with van der Waals surface area (Å²) in [6, 6.07) is 21.6. The highest BCUT2D eigenvalue weighted by atomic mass is 16.2. The number of rotatable bonds is 4. The number of nitrogens with zero attached hydrogens (tertiary/aromatic N) is 6. The number of anilines is 4. The molecule has 3 aromatic heterocycles. The normalized spacial score (nSPS) is 11.5. The van der Waals surface area contributed by atoms with Gasteiger partial charge in [0.1, 0.15) is 22.6 Å². The summed E-state index contributed by atoms with van der Waals surface area (Å²) < 4.78 is 0. The standard InChI is InChI=1S/C40H30N12O4/c1-17(53)41-21-5-9-25-29(13-21)37-45-33(25)50-38-31-15-23(43-19(3)55)7-11-27(31)35(47-38)52-40-32-16-24(44-20(4)56)8-12-28(32)36(48-40)51-39-30-14-22(42-18(2)54)6-10-26(30)34(46-39)49-37/h5-16H,1-4H3,(H,41,53)(H,42,54)(H,43,55)(H,44,56)(H2,45,46,47,48,49,50,51,52). The Morgan fingerprint density at radius 2 is 0.679 bits per heavy atom. The monoisotopic (exact) mass is 742 g/mol. The topological polar surface area (TPSA) is 225 Å². The van der Waals surface area contributed by atoms with E-state index in [-0.39, 0.29) is 23.6 Å². The summed E-state index contributed by atoms with van der Waals surface area (Å²) >= 11 is 0. The van der Waals surface area contributed by atoms with Gasteiger partial charge in [-0.2, -0.15) is 0 Å². The van der Waals surface area contributed by atoms with E-state index in [4.69, 9.17) is 29.9 Å². The summed E-state index contributed by atoms with van der Waals surface area (Å²) in [5.74, 6) is 0.390. The lowest BCUT2D eigenvalue weighted by atomic mass is 10.1. The molecule has 0 fully saturated rings. The molecule has 9 rings (SSSR count). The van der Waals surface area contributed by atoms with E-state index in [2.05, 4.69) is 31.2 Å². The molecule has 0 saturated carbocycles. The van der Waals surface area contributed by atoms with Crippen LogP contribution in [0.15, 0.2) is 72.8 Å². The number of nitrogens with one attached hydrogen (secondary N) is 6. The van der Waals surface area contributed by atoms with Crippen LogP contribution in [0.2, 0.25) is 0 Å². The Balaban J connectivity index is 1.43. The first kappa shape index (κ1) is 33.9. The van der Waals surface area contributed by atoms with Crippen molar-refractivity contribution in [2.24, 2.45) is 0 Å². The molecule has 0 spiro atoms. The molecule has 274 valence electrons. The molecule has 16 nitrogen and oxygen atoms in total. The largest absolute Gasteiger partial charge is 0.326 e. The molecular formula is C40H30N12O4. The Kier molecular flexibility index (Phi) is 7.82. The number of amides is 4. The second-order valence-electron chi connectivity index (χ2n) is 13.4. The van der Waals surface area contributed by atoms with Crippen molar-refractivity contribution in [3.63, 3.8) is 0 Å². The third-order valence-electron chi connectivity index (χ3n) is 9.11. The number of benzene rings is 4. The first-order chi connectivity index (χ1) is 26.9. The van der Waals surface area contributed by atoms with Gasteiger partial charge >= 0.3 is 0 Å². The Bertz CT molecular complexity index is 2870. The highest BCUT2D eigenvalue weighted by molar-refractivity contribution is 6.09. The van der Waals surface area contributed by atoms with Crippen LogP contribution < -0.4 is 21.3 Å². The molecule has 2 aliphatic heterocycles. The van der Waals surface area contributed by atoms with Crippen molar-refractivity contribution in [3.05, 3.63) is 72.8 Å². The minimum Gasteiger partial charge on any atom is -0.326 e. The minimum atomic E-state index is -0.235. The van der Waals surface area contributed by atoms with Crippen molar-refractivity contribution < 1.29 is 19.2 Å². The van der Waals surface area contributed by atoms with E-state index in [0.29, 0.717) is 112 Å². The SMILES string of the molecule is CC(=O)Nc1ccc2c(c1)-c1nc-2nc2[nH]c(nc3nc(nc4[nH]c(n1)c1ccc(NC(C)=O)cc41)-c1ccc(NC(C)=O)cc1-3)c1ccc(NC(C)=O)cc21. The van der Waals surface area contributed by atoms with Gasteiger partial charge in [0, 0.05) is 94.2 Å². The van der Waals surface area contributed by atoms with Crippen LogP contribution in [0.4, 0.5) is 22.7 Å². The van der Waals surface area contributed by atoms with Crippen LogP contribution in [0.3, 0.4) is 0 Å². The summed E-state index contributed by atoms with van der Waals surface area (Å²) in [6.45, 7) is 5.73. The zero-order chi connectivity index (χ0) is 38.8. The third kappa shape index (κ3) is 6.09. The van der Waals surface area contributed by atoms with E-state index >= 15 is 0 Å². The van der Waals surface area contributed by atoms with Crippen molar-refractivity contribution in [2.75, 3.05) is 21.3 Å². The quantitative estimate of drug-likeness (QED) is 0.112. The van der Waals surface area contributed by atoms with E-state index in [1.165, 1.54) is 27.7 Å². The summed E-state index contributed by atoms with van der Waals surface area (Å²) in [4.78, 5) is 84.8. The molecule has 6 N–H and O–H groups in total. The number of hydrogen-bond acceptors (Lipinski definition) is 10. The number of H-pyrrole nitrogens is 2. The predicted molar refractivity (Wildman–Crippen MR) is 213 cm³/mol. The van der Waals surface area contributed by atoms with E-state index in [1.807, 2.05) is 24.3 Å². The van der Waals surface area contributed by atoms with Crippen LogP contribution in [0, 0.1) is 0 Å². The Morgan fingerprint density at radius 3 is 1.04 bits per heavy atom. The molecule has 0 saturated heterocycles. The smallest absolute Gasteiger partial charge is 0.221 e. The van der Waals surface area contributed by atoms with Crippen LogP contribution in [0.25, 0.3) is 89.7 Å². The number of aromatic amines is 2. The van der Waals surface area contributed by atoms with Gasteiger partial charge in [0.15, 0.2) is 23.3 Å². The Hall–Kier alpha value is -7.88. The first-order valence-electron chi connectivity index (χ1n) is 17.5. The molecule has 56 heavy (non-hydrogen) atoms. The van der Waals surface area contributed by atoms with Crippen molar-refractivity contribution in [1.29, 1.82) is 0 Å². The highest BCUT2D eigenvalue weighted by Crippen LogP contribution is 2.39. The lowest BCUT2D eigenvalue weighted by molar-refractivity contribution is -0.115. The molecule has 4 amide bonds. The van der Waals surface area contributed by atoms with E-state index < -0.39 is 0 Å². The molecule has 16 heteroatoms. The van der Waals surface area contributed by atoms with Crippen LogP contribution in [0.5, 0.6) is 0 Å². The van der Waals surface area contributed by atoms with Gasteiger partial charge in [0.05, 0.1) is 0 Å². The Morgan fingerprint density at radius 1 is 0.375 bits per heavy atom. The van der Waals surface area contributed by atoms with Gasteiger partial charge in [-0.25, -0.2) is 29.9 Å². The fraction of sp³-hybridized carbons (Fsp3) is 0.100. The zero-order valence-electron chi connectivity index (χ0n) is 30.2. The average Bonchev–Trinajstić information content (AvgIpc) is 3.85. The Labute approximate surface area is 316 Å². The third-order valence-corrected chi connectivity index (χ3v) is 9.11. The molecular weight excluding hydrogens is 713 g/mol. The molecule has 0 atom stereocenters. The van der Waals surface area contributed by atoms with E-state index in [1.54, 1.807) is 48.5 Å². The maximum Gasteiger partial charge on any atom is 0.221 e. The molecule has 7 aromatic rings. The predicted octanol–water partition coefficient (Wildman–Crippen LogP) is 6.70. The molecule has 2 aliphatic rings. The number of fused-ring (bicyclic) bond motifs is 20. The molecule has 0 aliphatic carbocycles. The highest BCUT2D eigenvalue weighted by Gasteiger charge is 2.24. The van der Waals surface area contributed by atoms with Gasteiger partial charge < -0.3 is 31.2 Å². The van der Waals surface area contributed by atoms with Gasteiger partial charge in [-0.15, -0.1) is 0 Å². The summed E-state index contributed by atoms with van der Waals surface area (Å²) in [6.07, 6.45) is 0. The molecule has 8 bridgehead atoms. The molecule has 0 unspecified atom stereocenters. The lowest BCUT2D eigenvalue weighted by Crippen LogP contribution is -2.05. The van der Waals surface area contributed by atoms with Crippen LogP contribution in [-0.2, 0) is 19.2 Å². The van der Waals surface area contributed by atoms with Crippen molar-refractivity contribution in [1.82, 2.24) is 39.9 Å². The van der Waals surface area contributed by atoms with Crippen LogP contribution in [0.1, 0.15) is 27.7 Å². The van der Waals surface area contributed by atoms with Gasteiger partial charge in [0.25, 0.3) is 0 Å². The van der Waals surface area contributed by atoms with Crippen LogP contribution >= 0.6 is 0 Å². The van der Waals surface area contributed by atoms with Gasteiger partial charge in [-0.05, 0) is 72.8 Å². The fourth-order valence-electron chi connectivity index (χ4n) is 6.92. The molecule has 0 radical (unpaired) electrons. The van der Waals surface area contributed by atoms with Crippen molar-refractivity contribution in [3.8, 4) is 45.6 Å². The molecule has 4 aromatic carbocycles. The van der Waals surface area contributed by atoms with E-state index in [9.17, 15) is 19.2 Å². The summed E-state index contributed by atoms with van der Waals surface area (Å²) in [7, 11) is 0. The minimum absolute atomic E-state index is 0.233. The maximum absolute atomic E-state index is 12.0. The second kappa shape index (κ2) is 12.9. The first-order valence-corrected chi connectivity index (χ1v) is 17.5. The lowest BCUT2D eigenvalue weighted by Gasteiger charge is -2.05. The maximum atomic E-state index is 12.0. The summed E-state index contributed by atoms with van der Waals surface area (Å²) in [5.41, 5.74) is 6.46. The molecule has 5 heterocycles. The van der Waals surface area contributed by atoms with Crippen LogP contribution in [-0.4, -0.2) is 63.5 Å².